The predicted molar refractivity (Wildman–Crippen MR) is 373 cm³/mol. The van der Waals surface area contributed by atoms with Crippen molar-refractivity contribution in [3.63, 3.8) is 0 Å². The van der Waals surface area contributed by atoms with Crippen molar-refractivity contribution < 1.29 is 82.5 Å². The number of rotatable bonds is 69. The Hall–Kier alpha value is -4.28. The van der Waals surface area contributed by atoms with E-state index in [2.05, 4.69) is 27.7 Å². The Labute approximate surface area is 566 Å². The summed E-state index contributed by atoms with van der Waals surface area (Å²) in [6.07, 6.45) is 62.4. The molecule has 17 heteroatoms. The SMILES string of the molecule is CCCCCCCCCCCCCCCC(=O)OCC(COC(=O)CCCCCCCCCCCCCCC)OC(=O)CC(=O)O.CCCCCCCCCCCCCCCC(=O)OCC(O)COC(=O)CCCCCCCCCCCCCCC.O=C(O)CC(=O)O. The zero-order valence-electron chi connectivity index (χ0n) is 60.1. The number of carboxylic acid groups (broad SMARTS) is 3. The number of hydrogen-bond donors (Lipinski definition) is 4. The molecule has 0 saturated carbocycles. The maximum absolute atomic E-state index is 12.2. The molecule has 93 heavy (non-hydrogen) atoms. The van der Waals surface area contributed by atoms with Crippen LogP contribution in [0, 0.1) is 0 Å². The standard InChI is InChI=1S/C38H70O8.C35H68O5.C3H4O4/c1-3-5-7-9-11-13-15-17-19-21-23-25-27-29-36(41)44-32-34(46-38(43)31-35(39)40)33-45-37(42)30-28-26-24-22-20-18-16-14-12-10-8-6-4-2;1-3-5-7-9-11-13-15-17-19-21-23-25-27-29-34(37)39-31-33(36)32-40-35(38)30-28-26-24-22-20-18-16-14-12-10-8-6-4-2;4-2(5)1-3(6)7/h34H,3-33H2,1-2H3,(H,39,40);33,36H,3-32H2,1-2H3;1H2,(H,4,5)(H,6,7). The van der Waals surface area contributed by atoms with Gasteiger partial charge in [-0.3, -0.25) is 38.4 Å². The maximum atomic E-state index is 12.2. The monoisotopic (exact) mass is 1330 g/mol. The van der Waals surface area contributed by atoms with Crippen molar-refractivity contribution in [1.29, 1.82) is 0 Å². The van der Waals surface area contributed by atoms with E-state index in [4.69, 9.17) is 39.0 Å². The van der Waals surface area contributed by atoms with Gasteiger partial charge in [-0.1, -0.05) is 336 Å². The van der Waals surface area contributed by atoms with Crippen LogP contribution in [0.5, 0.6) is 0 Å². The molecule has 0 heterocycles. The van der Waals surface area contributed by atoms with E-state index < -0.39 is 60.9 Å². The number of aliphatic hydroxyl groups is 1. The second kappa shape index (κ2) is 76.7. The molecule has 0 atom stereocenters. The van der Waals surface area contributed by atoms with Gasteiger partial charge in [0.25, 0.3) is 0 Å². The number of carboxylic acids is 3. The van der Waals surface area contributed by atoms with Gasteiger partial charge in [0.1, 0.15) is 45.4 Å². The Bertz CT molecular complexity index is 1600. The van der Waals surface area contributed by atoms with Gasteiger partial charge in [-0.2, -0.15) is 0 Å². The second-order valence-corrected chi connectivity index (χ2v) is 26.0. The lowest BCUT2D eigenvalue weighted by Gasteiger charge is -2.18. The van der Waals surface area contributed by atoms with Crippen LogP contribution in [0.15, 0.2) is 0 Å². The molecule has 17 nitrogen and oxygen atoms in total. The molecule has 4 N–H and O–H groups in total. The molecule has 0 aromatic rings. The maximum Gasteiger partial charge on any atom is 0.317 e. The number of aliphatic hydroxyl groups excluding tert-OH is 1. The van der Waals surface area contributed by atoms with Crippen molar-refractivity contribution in [3.8, 4) is 0 Å². The largest absolute Gasteiger partial charge is 0.481 e. The fourth-order valence-electron chi connectivity index (χ4n) is 10.8. The van der Waals surface area contributed by atoms with Crippen LogP contribution in [0.2, 0.25) is 0 Å². The Morgan fingerprint density at radius 3 is 0.581 bits per heavy atom. The fraction of sp³-hybridized carbons (Fsp3) is 0.895. The van der Waals surface area contributed by atoms with E-state index in [-0.39, 0.29) is 51.2 Å². The Kier molecular flexibility index (Phi) is 76.7. The van der Waals surface area contributed by atoms with E-state index in [0.29, 0.717) is 12.8 Å². The minimum atomic E-state index is -1.32. The van der Waals surface area contributed by atoms with E-state index in [1.165, 1.54) is 270 Å². The summed E-state index contributed by atoms with van der Waals surface area (Å²) in [5, 5.41) is 34.2. The molecular weight excluding hydrogens is 1180 g/mol. The Morgan fingerprint density at radius 2 is 0.409 bits per heavy atom. The summed E-state index contributed by atoms with van der Waals surface area (Å²) in [6, 6.07) is 0. The number of carbonyl (C=O) groups excluding carboxylic acids is 5. The number of esters is 5. The number of unbranched alkanes of at least 4 members (excludes halogenated alkanes) is 48. The molecule has 548 valence electrons. The zero-order valence-corrected chi connectivity index (χ0v) is 60.1. The highest BCUT2D eigenvalue weighted by molar-refractivity contribution is 5.90. The minimum absolute atomic E-state index is 0.108. The van der Waals surface area contributed by atoms with Crippen LogP contribution in [0.25, 0.3) is 0 Å². The van der Waals surface area contributed by atoms with Gasteiger partial charge in [-0.25, -0.2) is 0 Å². The van der Waals surface area contributed by atoms with Crippen molar-refractivity contribution >= 4 is 47.8 Å². The van der Waals surface area contributed by atoms with Gasteiger partial charge < -0.3 is 44.1 Å². The van der Waals surface area contributed by atoms with E-state index in [9.17, 15) is 43.5 Å². The summed E-state index contributed by atoms with van der Waals surface area (Å²) in [6.45, 7) is 8.25. The molecule has 0 fully saturated rings. The average Bonchev–Trinajstić information content (AvgIpc) is 3.72. The smallest absolute Gasteiger partial charge is 0.317 e. The Morgan fingerprint density at radius 1 is 0.237 bits per heavy atom. The number of carbonyl (C=O) groups is 8. The third-order valence-electron chi connectivity index (χ3n) is 16.6. The molecule has 0 aliphatic heterocycles. The van der Waals surface area contributed by atoms with Crippen LogP contribution in [-0.4, -0.2) is 107 Å². The molecule has 0 amide bonds. The van der Waals surface area contributed by atoms with Gasteiger partial charge in [0.2, 0.25) is 0 Å². The molecule has 0 saturated heterocycles. The van der Waals surface area contributed by atoms with Crippen molar-refractivity contribution in [1.82, 2.24) is 0 Å². The number of ether oxygens (including phenoxy) is 5. The first kappa shape index (κ1) is 92.9. The lowest BCUT2D eigenvalue weighted by Crippen LogP contribution is -2.31. The molecule has 0 bridgehead atoms. The van der Waals surface area contributed by atoms with Crippen LogP contribution >= 0.6 is 0 Å². The summed E-state index contributed by atoms with van der Waals surface area (Å²) in [7, 11) is 0. The van der Waals surface area contributed by atoms with E-state index in [1.807, 2.05) is 0 Å². The molecule has 0 rings (SSSR count). The lowest BCUT2D eigenvalue weighted by molar-refractivity contribution is -0.169. The number of hydrogen-bond acceptors (Lipinski definition) is 14. The van der Waals surface area contributed by atoms with E-state index in [1.54, 1.807) is 0 Å². The lowest BCUT2D eigenvalue weighted by atomic mass is 10.0. The predicted octanol–water partition coefficient (Wildman–Crippen LogP) is 20.4. The van der Waals surface area contributed by atoms with Crippen molar-refractivity contribution in [2.24, 2.45) is 0 Å². The summed E-state index contributed by atoms with van der Waals surface area (Å²) in [5.74, 6) is -6.26. The first-order valence-electron chi connectivity index (χ1n) is 38.3. The molecule has 0 aromatic heterocycles. The molecule has 0 spiro atoms. The van der Waals surface area contributed by atoms with Gasteiger partial charge in [0.05, 0.1) is 0 Å². The van der Waals surface area contributed by atoms with Gasteiger partial charge in [-0.05, 0) is 25.7 Å². The summed E-state index contributed by atoms with van der Waals surface area (Å²) >= 11 is 0. The van der Waals surface area contributed by atoms with Crippen molar-refractivity contribution in [3.05, 3.63) is 0 Å². The summed E-state index contributed by atoms with van der Waals surface area (Å²) in [5.41, 5.74) is 0. The molecule has 0 unspecified atom stereocenters. The van der Waals surface area contributed by atoms with Crippen molar-refractivity contribution in [2.45, 2.75) is 412 Å². The summed E-state index contributed by atoms with van der Waals surface area (Å²) in [4.78, 5) is 89.9. The molecule has 0 aliphatic carbocycles. The van der Waals surface area contributed by atoms with Crippen LogP contribution in [-0.2, 0) is 62.0 Å². The van der Waals surface area contributed by atoms with Crippen LogP contribution in [0.4, 0.5) is 0 Å². The second-order valence-electron chi connectivity index (χ2n) is 26.0. The molecule has 0 aliphatic rings. The topological polar surface area (TPSA) is 264 Å². The van der Waals surface area contributed by atoms with Gasteiger partial charge in [0.15, 0.2) is 6.10 Å². The highest BCUT2D eigenvalue weighted by Gasteiger charge is 2.21. The quantitative estimate of drug-likeness (QED) is 0.0191. The minimum Gasteiger partial charge on any atom is -0.481 e. The number of aliphatic carboxylic acids is 3. The third kappa shape index (κ3) is 83.8. The van der Waals surface area contributed by atoms with Gasteiger partial charge in [0, 0.05) is 25.7 Å². The fourth-order valence-corrected chi connectivity index (χ4v) is 10.8. The summed E-state index contributed by atoms with van der Waals surface area (Å²) < 4.78 is 26.0. The first-order valence-corrected chi connectivity index (χ1v) is 38.3. The van der Waals surface area contributed by atoms with Crippen molar-refractivity contribution in [2.75, 3.05) is 26.4 Å². The highest BCUT2D eigenvalue weighted by atomic mass is 16.6. The van der Waals surface area contributed by atoms with E-state index >= 15 is 0 Å². The van der Waals surface area contributed by atoms with Gasteiger partial charge in [-0.15, -0.1) is 0 Å². The van der Waals surface area contributed by atoms with Crippen LogP contribution in [0.3, 0.4) is 0 Å². The third-order valence-corrected chi connectivity index (χ3v) is 16.6. The Balaban J connectivity index is -0.00000159. The van der Waals surface area contributed by atoms with Crippen LogP contribution in [0.1, 0.15) is 400 Å². The normalized spacial score (nSPS) is 11.0. The molecule has 0 radical (unpaired) electrons. The average molecular weight is 1330 g/mol. The van der Waals surface area contributed by atoms with Crippen LogP contribution < -0.4 is 0 Å². The molecule has 0 aromatic carbocycles. The molecular formula is C76H142O17. The van der Waals surface area contributed by atoms with E-state index in [0.717, 1.165) is 64.2 Å². The highest BCUT2D eigenvalue weighted by Crippen LogP contribution is 2.18. The van der Waals surface area contributed by atoms with Gasteiger partial charge >= 0.3 is 47.8 Å². The zero-order chi connectivity index (χ0) is 69.1. The first-order chi connectivity index (χ1) is 45.1.